The molecule has 0 radical (unpaired) electrons. The van der Waals surface area contributed by atoms with Gasteiger partial charge in [-0.15, -0.1) is 10.2 Å². The summed E-state index contributed by atoms with van der Waals surface area (Å²) in [7, 11) is 1.66. The SMILES string of the molecule is COc1ccc(-c2nnc(SCc3ccc(Br)cc3)n2Cc2ccco2)cc1. The van der Waals surface area contributed by atoms with Crippen molar-refractivity contribution in [1.82, 2.24) is 14.8 Å². The number of nitrogens with zero attached hydrogens (tertiary/aromatic N) is 3. The molecule has 0 saturated heterocycles. The van der Waals surface area contributed by atoms with Crippen LogP contribution in [0.4, 0.5) is 0 Å². The van der Waals surface area contributed by atoms with E-state index in [2.05, 4.69) is 42.8 Å². The normalized spacial score (nSPS) is 10.9. The van der Waals surface area contributed by atoms with Crippen molar-refractivity contribution >= 4 is 27.7 Å². The van der Waals surface area contributed by atoms with Crippen molar-refractivity contribution in [3.63, 3.8) is 0 Å². The molecule has 0 atom stereocenters. The second-order valence-corrected chi connectivity index (χ2v) is 7.97. The molecule has 5 nitrogen and oxygen atoms in total. The lowest BCUT2D eigenvalue weighted by atomic mass is 10.2. The highest BCUT2D eigenvalue weighted by Crippen LogP contribution is 2.28. The highest BCUT2D eigenvalue weighted by molar-refractivity contribution is 9.10. The Balaban J connectivity index is 1.63. The summed E-state index contributed by atoms with van der Waals surface area (Å²) in [6.07, 6.45) is 1.68. The Labute approximate surface area is 175 Å². The van der Waals surface area contributed by atoms with Gasteiger partial charge in [0.2, 0.25) is 0 Å². The Morgan fingerprint density at radius 2 is 1.82 bits per heavy atom. The van der Waals surface area contributed by atoms with E-state index in [-0.39, 0.29) is 0 Å². The Bertz CT molecular complexity index is 1030. The van der Waals surface area contributed by atoms with E-state index >= 15 is 0 Å². The number of benzene rings is 2. The quantitative estimate of drug-likeness (QED) is 0.337. The summed E-state index contributed by atoms with van der Waals surface area (Å²) >= 11 is 5.13. The fraction of sp³-hybridized carbons (Fsp3) is 0.143. The largest absolute Gasteiger partial charge is 0.497 e. The third kappa shape index (κ3) is 4.31. The van der Waals surface area contributed by atoms with Gasteiger partial charge in [-0.05, 0) is 54.1 Å². The first-order valence-corrected chi connectivity index (χ1v) is 10.5. The maximum absolute atomic E-state index is 5.55. The zero-order valence-electron chi connectivity index (χ0n) is 15.2. The average Bonchev–Trinajstić information content (AvgIpc) is 3.38. The summed E-state index contributed by atoms with van der Waals surface area (Å²) in [6.45, 7) is 0.573. The van der Waals surface area contributed by atoms with Gasteiger partial charge in [-0.3, -0.25) is 4.57 Å². The Hall–Kier alpha value is -2.51. The smallest absolute Gasteiger partial charge is 0.192 e. The van der Waals surface area contributed by atoms with Crippen molar-refractivity contribution in [1.29, 1.82) is 0 Å². The van der Waals surface area contributed by atoms with Crippen LogP contribution >= 0.6 is 27.7 Å². The van der Waals surface area contributed by atoms with Gasteiger partial charge in [0.1, 0.15) is 11.5 Å². The highest BCUT2D eigenvalue weighted by atomic mass is 79.9. The molecular weight excluding hydrogens is 438 g/mol. The van der Waals surface area contributed by atoms with Crippen molar-refractivity contribution in [2.45, 2.75) is 17.5 Å². The zero-order chi connectivity index (χ0) is 19.3. The van der Waals surface area contributed by atoms with Crippen molar-refractivity contribution in [2.75, 3.05) is 7.11 Å². The molecule has 0 aliphatic heterocycles. The van der Waals surface area contributed by atoms with Gasteiger partial charge in [-0.25, -0.2) is 0 Å². The summed E-state index contributed by atoms with van der Waals surface area (Å²) < 4.78 is 14.0. The van der Waals surface area contributed by atoms with E-state index in [1.54, 1.807) is 25.1 Å². The van der Waals surface area contributed by atoms with E-state index in [0.29, 0.717) is 6.54 Å². The van der Waals surface area contributed by atoms with Gasteiger partial charge in [0.05, 0.1) is 19.9 Å². The van der Waals surface area contributed by atoms with Crippen LogP contribution in [0.1, 0.15) is 11.3 Å². The van der Waals surface area contributed by atoms with Gasteiger partial charge in [-0.1, -0.05) is 39.8 Å². The Kier molecular flexibility index (Phi) is 5.83. The molecule has 0 saturated carbocycles. The predicted molar refractivity (Wildman–Crippen MR) is 114 cm³/mol. The predicted octanol–water partition coefficient (Wildman–Crippen LogP) is 5.65. The molecule has 2 aromatic carbocycles. The van der Waals surface area contributed by atoms with Gasteiger partial charge in [0.15, 0.2) is 11.0 Å². The van der Waals surface area contributed by atoms with E-state index in [9.17, 15) is 0 Å². The lowest BCUT2D eigenvalue weighted by molar-refractivity contribution is 0.415. The second kappa shape index (κ2) is 8.67. The lowest BCUT2D eigenvalue weighted by Gasteiger charge is -2.09. The Morgan fingerprint density at radius 3 is 2.50 bits per heavy atom. The van der Waals surface area contributed by atoms with Crippen LogP contribution in [0.5, 0.6) is 5.75 Å². The first-order chi connectivity index (χ1) is 13.7. The topological polar surface area (TPSA) is 53.1 Å². The van der Waals surface area contributed by atoms with Crippen LogP contribution in [-0.2, 0) is 12.3 Å². The third-order valence-corrected chi connectivity index (χ3v) is 5.81. The number of hydrogen-bond donors (Lipinski definition) is 0. The molecule has 0 fully saturated rings. The molecular formula is C21H18BrN3O2S. The summed E-state index contributed by atoms with van der Waals surface area (Å²) in [4.78, 5) is 0. The van der Waals surface area contributed by atoms with Crippen LogP contribution in [0.2, 0.25) is 0 Å². The van der Waals surface area contributed by atoms with Gasteiger partial charge >= 0.3 is 0 Å². The maximum Gasteiger partial charge on any atom is 0.192 e. The van der Waals surface area contributed by atoms with E-state index in [1.165, 1.54) is 5.56 Å². The van der Waals surface area contributed by atoms with Crippen LogP contribution in [0.25, 0.3) is 11.4 Å². The monoisotopic (exact) mass is 455 g/mol. The van der Waals surface area contributed by atoms with E-state index in [1.807, 2.05) is 48.5 Å². The summed E-state index contributed by atoms with van der Waals surface area (Å²) in [6, 6.07) is 20.0. The van der Waals surface area contributed by atoms with E-state index < -0.39 is 0 Å². The number of aromatic nitrogens is 3. The van der Waals surface area contributed by atoms with E-state index in [4.69, 9.17) is 9.15 Å². The molecule has 0 spiro atoms. The van der Waals surface area contributed by atoms with E-state index in [0.717, 1.165) is 38.3 Å². The van der Waals surface area contributed by atoms with Gasteiger partial charge in [-0.2, -0.15) is 0 Å². The number of furan rings is 1. The van der Waals surface area contributed by atoms with Crippen LogP contribution in [0, 0.1) is 0 Å². The molecule has 0 aliphatic carbocycles. The van der Waals surface area contributed by atoms with Crippen molar-refractivity contribution in [3.8, 4) is 17.1 Å². The molecule has 0 unspecified atom stereocenters. The number of ether oxygens (including phenoxy) is 1. The molecule has 0 aliphatic rings. The van der Waals surface area contributed by atoms with Gasteiger partial charge < -0.3 is 9.15 Å². The van der Waals surface area contributed by atoms with Crippen LogP contribution in [-0.4, -0.2) is 21.9 Å². The van der Waals surface area contributed by atoms with Gasteiger partial charge in [0, 0.05) is 15.8 Å². The molecule has 4 rings (SSSR count). The van der Waals surface area contributed by atoms with Crippen molar-refractivity contribution in [2.24, 2.45) is 0 Å². The Morgan fingerprint density at radius 1 is 1.04 bits per heavy atom. The molecule has 2 heterocycles. The zero-order valence-corrected chi connectivity index (χ0v) is 17.6. The molecule has 0 bridgehead atoms. The van der Waals surface area contributed by atoms with Crippen LogP contribution < -0.4 is 4.74 Å². The summed E-state index contributed by atoms with van der Waals surface area (Å²) in [5, 5.41) is 9.74. The molecule has 0 amide bonds. The molecule has 2 aromatic heterocycles. The number of hydrogen-bond acceptors (Lipinski definition) is 5. The minimum absolute atomic E-state index is 0.573. The minimum atomic E-state index is 0.573. The fourth-order valence-electron chi connectivity index (χ4n) is 2.78. The standard InChI is InChI=1S/C21H18BrN3O2S/c1-26-18-10-6-16(7-11-18)20-23-24-21(25(20)13-19-3-2-12-27-19)28-14-15-4-8-17(22)9-5-15/h2-12H,13-14H2,1H3. The van der Waals surface area contributed by atoms with Crippen molar-refractivity contribution in [3.05, 3.63) is 82.7 Å². The van der Waals surface area contributed by atoms with Gasteiger partial charge in [0.25, 0.3) is 0 Å². The number of methoxy groups -OCH3 is 1. The first-order valence-electron chi connectivity index (χ1n) is 8.70. The van der Waals surface area contributed by atoms with Crippen LogP contribution in [0.15, 0.2) is 81.0 Å². The maximum atomic E-state index is 5.55. The average molecular weight is 456 g/mol. The minimum Gasteiger partial charge on any atom is -0.497 e. The number of halogens is 1. The summed E-state index contributed by atoms with van der Waals surface area (Å²) in [5.74, 6) is 3.29. The van der Waals surface area contributed by atoms with Crippen molar-refractivity contribution < 1.29 is 9.15 Å². The lowest BCUT2D eigenvalue weighted by Crippen LogP contribution is -2.03. The molecule has 28 heavy (non-hydrogen) atoms. The number of thioether (sulfide) groups is 1. The third-order valence-electron chi connectivity index (χ3n) is 4.24. The number of rotatable bonds is 7. The highest BCUT2D eigenvalue weighted by Gasteiger charge is 2.16. The molecule has 142 valence electrons. The second-order valence-electron chi connectivity index (χ2n) is 6.12. The van der Waals surface area contributed by atoms with Crippen LogP contribution in [0.3, 0.4) is 0 Å². The summed E-state index contributed by atoms with van der Waals surface area (Å²) in [5.41, 5.74) is 2.21. The molecule has 0 N–H and O–H groups in total. The molecule has 7 heteroatoms. The fourth-order valence-corrected chi connectivity index (χ4v) is 3.94. The molecule has 4 aromatic rings. The first kappa shape index (κ1) is 18.8.